The quantitative estimate of drug-likeness (QED) is 0.879. The average molecular weight is 249 g/mol. The monoisotopic (exact) mass is 249 g/mol. The summed E-state index contributed by atoms with van der Waals surface area (Å²) in [5, 5.41) is 3.64. The molecular weight excluding hydrogens is 230 g/mol. The van der Waals surface area contributed by atoms with E-state index in [0.717, 1.165) is 18.4 Å². The van der Waals surface area contributed by atoms with Crippen molar-refractivity contribution in [2.24, 2.45) is 0 Å². The molecule has 2 saturated heterocycles. The predicted octanol–water partition coefficient (Wildman–Crippen LogP) is 1.49. The Morgan fingerprint density at radius 1 is 1.17 bits per heavy atom. The Balaban J connectivity index is 1.87. The lowest BCUT2D eigenvalue weighted by Crippen LogP contribution is -2.37. The highest BCUT2D eigenvalue weighted by Gasteiger charge is 2.35. The van der Waals surface area contributed by atoms with Gasteiger partial charge < -0.3 is 14.8 Å². The van der Waals surface area contributed by atoms with E-state index in [1.54, 1.807) is 14.2 Å². The molecule has 0 saturated carbocycles. The number of nitrogens with one attached hydrogen (secondary N) is 1. The Kier molecular flexibility index (Phi) is 3.07. The van der Waals surface area contributed by atoms with Crippen molar-refractivity contribution in [3.63, 3.8) is 0 Å². The van der Waals surface area contributed by atoms with Crippen LogP contribution in [0.3, 0.4) is 0 Å². The molecule has 0 amide bonds. The second kappa shape index (κ2) is 4.72. The molecule has 2 bridgehead atoms. The van der Waals surface area contributed by atoms with Crippen molar-refractivity contribution < 1.29 is 9.47 Å². The van der Waals surface area contributed by atoms with Gasteiger partial charge in [0.2, 0.25) is 5.88 Å². The van der Waals surface area contributed by atoms with E-state index in [0.29, 0.717) is 29.9 Å². The summed E-state index contributed by atoms with van der Waals surface area (Å²) in [6, 6.07) is 1.67. The third kappa shape index (κ3) is 2.03. The molecule has 2 aliphatic heterocycles. The molecule has 1 aromatic rings. The smallest absolute Gasteiger partial charge is 0.319 e. The van der Waals surface area contributed by atoms with Crippen LogP contribution < -0.4 is 14.8 Å². The minimum Gasteiger partial charge on any atom is -0.481 e. The number of aromatic nitrogens is 2. The zero-order chi connectivity index (χ0) is 12.5. The molecule has 1 N–H and O–H groups in total. The third-order valence-corrected chi connectivity index (χ3v) is 4.05. The standard InChI is InChI=1S/C13H19N3O2/c1-17-12-11(7-14-13(16-12)18-2)8-5-9-3-4-10(6-8)15-9/h7-10,15H,3-6H2,1-2H3/t8?,9-,10+. The van der Waals surface area contributed by atoms with E-state index in [-0.39, 0.29) is 0 Å². The summed E-state index contributed by atoms with van der Waals surface area (Å²) in [5.41, 5.74) is 1.12. The first-order chi connectivity index (χ1) is 8.80. The van der Waals surface area contributed by atoms with Gasteiger partial charge in [0.1, 0.15) is 0 Å². The lowest BCUT2D eigenvalue weighted by atomic mass is 9.87. The average Bonchev–Trinajstić information content (AvgIpc) is 2.76. The second-order valence-corrected chi connectivity index (χ2v) is 5.13. The van der Waals surface area contributed by atoms with Crippen molar-refractivity contribution in [2.45, 2.75) is 43.7 Å². The topological polar surface area (TPSA) is 56.3 Å². The van der Waals surface area contributed by atoms with Crippen molar-refractivity contribution in [3.05, 3.63) is 11.8 Å². The molecule has 3 rings (SSSR count). The van der Waals surface area contributed by atoms with Crippen LogP contribution in [0.4, 0.5) is 0 Å². The van der Waals surface area contributed by atoms with Gasteiger partial charge in [-0.3, -0.25) is 0 Å². The molecule has 0 radical (unpaired) electrons. The largest absolute Gasteiger partial charge is 0.481 e. The number of fused-ring (bicyclic) bond motifs is 2. The summed E-state index contributed by atoms with van der Waals surface area (Å²) in [7, 11) is 3.22. The first-order valence-corrected chi connectivity index (χ1v) is 6.51. The number of hydrogen-bond acceptors (Lipinski definition) is 5. The summed E-state index contributed by atoms with van der Waals surface area (Å²) >= 11 is 0. The van der Waals surface area contributed by atoms with Gasteiger partial charge in [-0.2, -0.15) is 4.98 Å². The van der Waals surface area contributed by atoms with E-state index in [4.69, 9.17) is 9.47 Å². The summed E-state index contributed by atoms with van der Waals surface area (Å²) in [5.74, 6) is 1.16. The fraction of sp³-hybridized carbons (Fsp3) is 0.692. The van der Waals surface area contributed by atoms with Gasteiger partial charge in [-0.05, 0) is 31.6 Å². The highest BCUT2D eigenvalue weighted by molar-refractivity contribution is 5.30. The first-order valence-electron chi connectivity index (χ1n) is 6.51. The number of rotatable bonds is 3. The summed E-state index contributed by atoms with van der Waals surface area (Å²) in [6.07, 6.45) is 6.76. The normalized spacial score (nSPS) is 30.2. The molecule has 0 spiro atoms. The van der Waals surface area contributed by atoms with Gasteiger partial charge in [0.25, 0.3) is 0 Å². The molecule has 1 aromatic heterocycles. The maximum atomic E-state index is 5.38. The molecule has 1 unspecified atom stereocenters. The highest BCUT2D eigenvalue weighted by Crippen LogP contribution is 2.39. The number of hydrogen-bond donors (Lipinski definition) is 1. The van der Waals surface area contributed by atoms with Crippen molar-refractivity contribution in [1.82, 2.24) is 15.3 Å². The number of nitrogens with zero attached hydrogens (tertiary/aromatic N) is 2. The highest BCUT2D eigenvalue weighted by atomic mass is 16.5. The lowest BCUT2D eigenvalue weighted by molar-refractivity contribution is 0.326. The molecule has 5 heteroatoms. The molecule has 2 fully saturated rings. The van der Waals surface area contributed by atoms with Gasteiger partial charge >= 0.3 is 6.01 Å². The number of piperidine rings is 1. The lowest BCUT2D eigenvalue weighted by Gasteiger charge is -2.29. The molecule has 5 nitrogen and oxygen atoms in total. The minimum atomic E-state index is 0.368. The zero-order valence-corrected chi connectivity index (χ0v) is 10.8. The molecular formula is C13H19N3O2. The van der Waals surface area contributed by atoms with Crippen LogP contribution in [0.25, 0.3) is 0 Å². The fourth-order valence-corrected chi connectivity index (χ4v) is 3.21. The van der Waals surface area contributed by atoms with Crippen molar-refractivity contribution in [1.29, 1.82) is 0 Å². The fourth-order valence-electron chi connectivity index (χ4n) is 3.21. The maximum absolute atomic E-state index is 5.38. The van der Waals surface area contributed by atoms with Gasteiger partial charge in [0, 0.05) is 23.8 Å². The van der Waals surface area contributed by atoms with Crippen LogP contribution in [0.15, 0.2) is 6.20 Å². The van der Waals surface area contributed by atoms with E-state index in [1.807, 2.05) is 6.20 Å². The molecule has 18 heavy (non-hydrogen) atoms. The van der Waals surface area contributed by atoms with Crippen LogP contribution in [0, 0.1) is 0 Å². The van der Waals surface area contributed by atoms with E-state index in [1.165, 1.54) is 12.8 Å². The Morgan fingerprint density at radius 2 is 1.89 bits per heavy atom. The van der Waals surface area contributed by atoms with Gasteiger partial charge in [-0.15, -0.1) is 0 Å². The summed E-state index contributed by atoms with van der Waals surface area (Å²) < 4.78 is 10.4. The maximum Gasteiger partial charge on any atom is 0.319 e. The van der Waals surface area contributed by atoms with Gasteiger partial charge in [0.15, 0.2) is 0 Å². The number of ether oxygens (including phenoxy) is 2. The van der Waals surface area contributed by atoms with E-state index in [2.05, 4.69) is 15.3 Å². The van der Waals surface area contributed by atoms with Crippen LogP contribution >= 0.6 is 0 Å². The number of methoxy groups -OCH3 is 2. The predicted molar refractivity (Wildman–Crippen MR) is 67.1 cm³/mol. The first kappa shape index (κ1) is 11.7. The van der Waals surface area contributed by atoms with Crippen molar-refractivity contribution >= 4 is 0 Å². The van der Waals surface area contributed by atoms with E-state index >= 15 is 0 Å². The Bertz CT molecular complexity index is 426. The van der Waals surface area contributed by atoms with Crippen molar-refractivity contribution in [2.75, 3.05) is 14.2 Å². The molecule has 3 heterocycles. The van der Waals surface area contributed by atoms with Gasteiger partial charge in [0.05, 0.1) is 14.2 Å². The van der Waals surface area contributed by atoms with Gasteiger partial charge in [-0.25, -0.2) is 4.98 Å². The van der Waals surface area contributed by atoms with Crippen LogP contribution in [-0.2, 0) is 0 Å². The molecule has 98 valence electrons. The summed E-state index contributed by atoms with van der Waals surface area (Å²) in [6.45, 7) is 0. The Hall–Kier alpha value is -1.36. The van der Waals surface area contributed by atoms with E-state index in [9.17, 15) is 0 Å². The molecule has 0 aromatic carbocycles. The zero-order valence-electron chi connectivity index (χ0n) is 10.8. The summed E-state index contributed by atoms with van der Waals surface area (Å²) in [4.78, 5) is 8.50. The third-order valence-electron chi connectivity index (χ3n) is 4.05. The van der Waals surface area contributed by atoms with Gasteiger partial charge in [-0.1, -0.05) is 0 Å². The van der Waals surface area contributed by atoms with Crippen molar-refractivity contribution in [3.8, 4) is 11.9 Å². The van der Waals surface area contributed by atoms with Crippen LogP contribution in [-0.4, -0.2) is 36.3 Å². The molecule has 2 aliphatic rings. The van der Waals surface area contributed by atoms with Crippen LogP contribution in [0.5, 0.6) is 11.9 Å². The minimum absolute atomic E-state index is 0.368. The second-order valence-electron chi connectivity index (χ2n) is 5.13. The Morgan fingerprint density at radius 3 is 2.50 bits per heavy atom. The Labute approximate surface area is 107 Å². The molecule has 3 atom stereocenters. The SMILES string of the molecule is COc1ncc(C2C[C@H]3CC[C@@H](C2)N3)c(OC)n1. The van der Waals surface area contributed by atoms with Crippen LogP contribution in [0.1, 0.15) is 37.2 Å². The van der Waals surface area contributed by atoms with E-state index < -0.39 is 0 Å². The van der Waals surface area contributed by atoms with Crippen LogP contribution in [0.2, 0.25) is 0 Å². The molecule has 0 aliphatic carbocycles.